The van der Waals surface area contributed by atoms with Crippen LogP contribution in [0.2, 0.25) is 0 Å². The summed E-state index contributed by atoms with van der Waals surface area (Å²) in [4.78, 5) is 14.2. The second-order valence-corrected chi connectivity index (χ2v) is 5.93. The fourth-order valence-corrected chi connectivity index (χ4v) is 2.89. The van der Waals surface area contributed by atoms with Crippen LogP contribution in [0.15, 0.2) is 6.20 Å². The third kappa shape index (κ3) is 2.81. The molecule has 5 heteroatoms. The molecule has 2 heterocycles. The van der Waals surface area contributed by atoms with Gasteiger partial charge in [-0.05, 0) is 19.3 Å². The summed E-state index contributed by atoms with van der Waals surface area (Å²) in [5.74, 6) is 0.650. The number of nitrogens with two attached hydrogens (primary N) is 1. The monoisotopic (exact) mass is 264 g/mol. The molecule has 2 N–H and O–H groups in total. The molecule has 1 saturated heterocycles. The Hall–Kier alpha value is -1.36. The minimum absolute atomic E-state index is 0.000602. The summed E-state index contributed by atoms with van der Waals surface area (Å²) < 4.78 is 1.80. The summed E-state index contributed by atoms with van der Waals surface area (Å²) >= 11 is 0. The van der Waals surface area contributed by atoms with Crippen molar-refractivity contribution >= 4 is 5.91 Å². The van der Waals surface area contributed by atoms with E-state index in [1.54, 1.807) is 4.68 Å². The van der Waals surface area contributed by atoms with Crippen LogP contribution >= 0.6 is 0 Å². The zero-order valence-electron chi connectivity index (χ0n) is 12.3. The highest BCUT2D eigenvalue weighted by Crippen LogP contribution is 2.32. The molecule has 0 spiro atoms. The highest BCUT2D eigenvalue weighted by molar-refractivity contribution is 5.78. The van der Waals surface area contributed by atoms with E-state index in [-0.39, 0.29) is 18.0 Å². The second kappa shape index (κ2) is 5.33. The lowest BCUT2D eigenvalue weighted by molar-refractivity contribution is -0.138. The molecule has 0 aliphatic carbocycles. The Morgan fingerprint density at radius 3 is 2.74 bits per heavy atom. The summed E-state index contributed by atoms with van der Waals surface area (Å²) in [5, 5.41) is 4.38. The summed E-state index contributed by atoms with van der Waals surface area (Å²) in [6.45, 7) is 6.99. The highest BCUT2D eigenvalue weighted by atomic mass is 16.2. The molecule has 0 bridgehead atoms. The predicted octanol–water partition coefficient (Wildman–Crippen LogP) is 1.38. The number of carbonyl (C=O) groups is 1. The van der Waals surface area contributed by atoms with E-state index in [0.717, 1.165) is 24.2 Å². The van der Waals surface area contributed by atoms with Crippen LogP contribution in [0.5, 0.6) is 0 Å². The van der Waals surface area contributed by atoms with Crippen molar-refractivity contribution in [1.82, 2.24) is 14.7 Å². The van der Waals surface area contributed by atoms with Gasteiger partial charge < -0.3 is 10.6 Å². The molecule has 19 heavy (non-hydrogen) atoms. The SMILES string of the molecule is Cc1nn(C)cc1C1C(N)CCC(=O)N1CC(C)C. The van der Waals surface area contributed by atoms with Crippen molar-refractivity contribution < 1.29 is 4.79 Å². The first kappa shape index (κ1) is 14.1. The van der Waals surface area contributed by atoms with Gasteiger partial charge in [0, 0.05) is 37.8 Å². The molecule has 0 radical (unpaired) electrons. The van der Waals surface area contributed by atoms with Crippen molar-refractivity contribution in [2.24, 2.45) is 18.7 Å². The lowest BCUT2D eigenvalue weighted by Gasteiger charge is -2.40. The molecule has 1 fully saturated rings. The standard InChI is InChI=1S/C14H24N4O/c1-9(2)7-18-13(19)6-5-12(15)14(18)11-8-17(4)16-10(11)3/h8-9,12,14H,5-7,15H2,1-4H3. The van der Waals surface area contributed by atoms with E-state index in [1.807, 2.05) is 25.1 Å². The molecule has 2 atom stereocenters. The number of rotatable bonds is 3. The van der Waals surface area contributed by atoms with Crippen LogP contribution in [0.3, 0.4) is 0 Å². The Kier molecular flexibility index (Phi) is 3.94. The van der Waals surface area contributed by atoms with E-state index in [2.05, 4.69) is 18.9 Å². The molecule has 2 unspecified atom stereocenters. The van der Waals surface area contributed by atoms with Crippen LogP contribution in [-0.4, -0.2) is 33.2 Å². The number of amides is 1. The lowest BCUT2D eigenvalue weighted by Crippen LogP contribution is -2.50. The number of piperidine rings is 1. The van der Waals surface area contributed by atoms with Gasteiger partial charge in [-0.2, -0.15) is 5.10 Å². The van der Waals surface area contributed by atoms with Crippen LogP contribution < -0.4 is 5.73 Å². The molecule has 0 saturated carbocycles. The van der Waals surface area contributed by atoms with Gasteiger partial charge in [0.2, 0.25) is 5.91 Å². The van der Waals surface area contributed by atoms with Crippen LogP contribution in [0.1, 0.15) is 44.0 Å². The van der Waals surface area contributed by atoms with Gasteiger partial charge in [-0.15, -0.1) is 0 Å². The average molecular weight is 264 g/mol. The summed E-state index contributed by atoms with van der Waals surface area (Å²) in [6, 6.07) is -0.0308. The molecule has 5 nitrogen and oxygen atoms in total. The molecule has 1 aromatic heterocycles. The Morgan fingerprint density at radius 2 is 2.21 bits per heavy atom. The van der Waals surface area contributed by atoms with Crippen LogP contribution in [0, 0.1) is 12.8 Å². The topological polar surface area (TPSA) is 64.2 Å². The van der Waals surface area contributed by atoms with E-state index in [9.17, 15) is 4.79 Å². The number of likely N-dealkylation sites (tertiary alicyclic amines) is 1. The maximum Gasteiger partial charge on any atom is 0.223 e. The normalized spacial score (nSPS) is 24.3. The van der Waals surface area contributed by atoms with Gasteiger partial charge in [-0.25, -0.2) is 0 Å². The number of hydrogen-bond acceptors (Lipinski definition) is 3. The van der Waals surface area contributed by atoms with Crippen molar-refractivity contribution in [3.05, 3.63) is 17.5 Å². The van der Waals surface area contributed by atoms with E-state index >= 15 is 0 Å². The first-order valence-corrected chi connectivity index (χ1v) is 6.95. The molecule has 1 aliphatic heterocycles. The van der Waals surface area contributed by atoms with Gasteiger partial charge in [-0.3, -0.25) is 9.48 Å². The van der Waals surface area contributed by atoms with Gasteiger partial charge in [0.15, 0.2) is 0 Å². The molecule has 0 aromatic carbocycles. The van der Waals surface area contributed by atoms with Crippen LogP contribution in [0.25, 0.3) is 0 Å². The zero-order chi connectivity index (χ0) is 14.2. The van der Waals surface area contributed by atoms with Gasteiger partial charge in [-0.1, -0.05) is 13.8 Å². The molecule has 106 valence electrons. The third-order valence-electron chi connectivity index (χ3n) is 3.69. The van der Waals surface area contributed by atoms with Crippen LogP contribution in [0.4, 0.5) is 0 Å². The van der Waals surface area contributed by atoms with Crippen molar-refractivity contribution in [1.29, 1.82) is 0 Å². The third-order valence-corrected chi connectivity index (χ3v) is 3.69. The molecule has 1 amide bonds. The highest BCUT2D eigenvalue weighted by Gasteiger charge is 2.36. The predicted molar refractivity (Wildman–Crippen MR) is 74.4 cm³/mol. The van der Waals surface area contributed by atoms with Crippen LogP contribution in [-0.2, 0) is 11.8 Å². The number of aryl methyl sites for hydroxylation is 2. The molecular weight excluding hydrogens is 240 g/mol. The molecule has 1 aliphatic rings. The smallest absolute Gasteiger partial charge is 0.223 e. The maximum atomic E-state index is 12.2. The van der Waals surface area contributed by atoms with E-state index < -0.39 is 0 Å². The fraction of sp³-hybridized carbons (Fsp3) is 0.714. The summed E-state index contributed by atoms with van der Waals surface area (Å²) in [7, 11) is 1.90. The largest absolute Gasteiger partial charge is 0.334 e. The minimum Gasteiger partial charge on any atom is -0.334 e. The fourth-order valence-electron chi connectivity index (χ4n) is 2.89. The summed E-state index contributed by atoms with van der Waals surface area (Å²) in [6.07, 6.45) is 3.31. The maximum absolute atomic E-state index is 12.2. The quantitative estimate of drug-likeness (QED) is 0.897. The Morgan fingerprint density at radius 1 is 1.53 bits per heavy atom. The Bertz CT molecular complexity index is 466. The molecular formula is C14H24N4O. The number of carbonyl (C=O) groups excluding carboxylic acids is 1. The van der Waals surface area contributed by atoms with E-state index in [4.69, 9.17) is 5.73 Å². The van der Waals surface area contributed by atoms with Crippen molar-refractivity contribution in [3.8, 4) is 0 Å². The van der Waals surface area contributed by atoms with Crippen molar-refractivity contribution in [2.75, 3.05) is 6.54 Å². The summed E-state index contributed by atoms with van der Waals surface area (Å²) in [5.41, 5.74) is 8.34. The minimum atomic E-state index is -0.0302. The van der Waals surface area contributed by atoms with Crippen molar-refractivity contribution in [3.63, 3.8) is 0 Å². The second-order valence-electron chi connectivity index (χ2n) is 5.93. The van der Waals surface area contributed by atoms with Gasteiger partial charge in [0.25, 0.3) is 0 Å². The van der Waals surface area contributed by atoms with E-state index in [1.165, 1.54) is 0 Å². The first-order chi connectivity index (χ1) is 8.90. The first-order valence-electron chi connectivity index (χ1n) is 6.95. The number of nitrogens with zero attached hydrogens (tertiary/aromatic N) is 3. The Balaban J connectivity index is 2.36. The van der Waals surface area contributed by atoms with Gasteiger partial charge >= 0.3 is 0 Å². The molecule has 1 aromatic rings. The lowest BCUT2D eigenvalue weighted by atomic mass is 9.90. The van der Waals surface area contributed by atoms with Gasteiger partial charge in [0.05, 0.1) is 11.7 Å². The van der Waals surface area contributed by atoms with E-state index in [0.29, 0.717) is 12.3 Å². The average Bonchev–Trinajstić information content (AvgIpc) is 2.63. The van der Waals surface area contributed by atoms with Gasteiger partial charge in [0.1, 0.15) is 0 Å². The number of hydrogen-bond donors (Lipinski definition) is 1. The van der Waals surface area contributed by atoms with Crippen molar-refractivity contribution in [2.45, 2.75) is 45.7 Å². The zero-order valence-corrected chi connectivity index (χ0v) is 12.3. The Labute approximate surface area is 114 Å². The molecule has 2 rings (SSSR count). The number of aromatic nitrogens is 2.